The van der Waals surface area contributed by atoms with E-state index in [1.165, 1.54) is 34.5 Å². The Hall–Kier alpha value is -1.36. The highest BCUT2D eigenvalue weighted by atomic mass is 79.9. The number of carbonyl (C=O) groups excluding carboxylic acids is 2. The molecule has 148 valence electrons. The van der Waals surface area contributed by atoms with Crippen molar-refractivity contribution in [3.05, 3.63) is 23.8 Å². The van der Waals surface area contributed by atoms with Gasteiger partial charge in [0.15, 0.2) is 0 Å². The minimum atomic E-state index is -3.82. The molecular formula is C17H20BrFN2O5S. The second kappa shape index (κ2) is 7.94. The number of ketones is 1. The summed E-state index contributed by atoms with van der Waals surface area (Å²) in [5, 5.41) is 0. The molecule has 0 aromatic heterocycles. The van der Waals surface area contributed by atoms with Crippen molar-refractivity contribution >= 4 is 43.3 Å². The zero-order valence-electron chi connectivity index (χ0n) is 14.7. The van der Waals surface area contributed by atoms with Crippen LogP contribution in [0, 0.1) is 0 Å². The van der Waals surface area contributed by atoms with Crippen molar-refractivity contribution in [1.82, 2.24) is 4.31 Å². The van der Waals surface area contributed by atoms with Crippen LogP contribution in [-0.4, -0.2) is 68.8 Å². The summed E-state index contributed by atoms with van der Waals surface area (Å²) in [4.78, 5) is 25.1. The summed E-state index contributed by atoms with van der Waals surface area (Å²) in [5.41, 5.74) is 0.332. The first-order valence-electron chi connectivity index (χ1n) is 8.52. The van der Waals surface area contributed by atoms with Crippen molar-refractivity contribution in [2.45, 2.75) is 28.6 Å². The number of hydrogen-bond acceptors (Lipinski definition) is 5. The molecule has 7 nitrogen and oxygen atoms in total. The first-order valence-corrected chi connectivity index (χ1v) is 10.9. The normalized spacial score (nSPS) is 21.7. The number of amides is 1. The Morgan fingerprint density at radius 3 is 2.78 bits per heavy atom. The minimum Gasteiger partial charge on any atom is -0.383 e. The molecule has 1 unspecified atom stereocenters. The second-order valence-electron chi connectivity index (χ2n) is 6.54. The Morgan fingerprint density at radius 1 is 1.37 bits per heavy atom. The summed E-state index contributed by atoms with van der Waals surface area (Å²) in [5.74, 6) is -1.56. The number of benzene rings is 1. The highest BCUT2D eigenvalue weighted by molar-refractivity contribution is 9.09. The molecule has 2 atom stereocenters. The maximum Gasteiger partial charge on any atom is 0.299 e. The van der Waals surface area contributed by atoms with E-state index in [-0.39, 0.29) is 23.0 Å². The van der Waals surface area contributed by atoms with Crippen LogP contribution < -0.4 is 4.90 Å². The number of fused-ring (bicyclic) bond motifs is 1. The van der Waals surface area contributed by atoms with Crippen LogP contribution in [0.4, 0.5) is 10.1 Å². The fourth-order valence-corrected chi connectivity index (χ4v) is 5.48. The second-order valence-corrected chi connectivity index (χ2v) is 9.73. The van der Waals surface area contributed by atoms with Gasteiger partial charge in [-0.25, -0.2) is 12.8 Å². The molecule has 2 aliphatic rings. The molecule has 2 heterocycles. The van der Waals surface area contributed by atoms with E-state index in [9.17, 15) is 22.4 Å². The lowest BCUT2D eigenvalue weighted by molar-refractivity contribution is -0.114. The molecule has 0 N–H and O–H groups in total. The van der Waals surface area contributed by atoms with Gasteiger partial charge in [0, 0.05) is 26.2 Å². The summed E-state index contributed by atoms with van der Waals surface area (Å²) in [6.45, 7) is -0.0305. The van der Waals surface area contributed by atoms with E-state index in [0.717, 1.165) is 6.42 Å². The number of hydrogen-bond donors (Lipinski definition) is 0. The Morgan fingerprint density at radius 2 is 2.11 bits per heavy atom. The van der Waals surface area contributed by atoms with Crippen LogP contribution in [0.5, 0.6) is 0 Å². The zero-order valence-corrected chi connectivity index (χ0v) is 17.1. The largest absolute Gasteiger partial charge is 0.383 e. The number of anilines is 1. The van der Waals surface area contributed by atoms with E-state index in [0.29, 0.717) is 25.3 Å². The Bertz CT molecular complexity index is 863. The zero-order chi connectivity index (χ0) is 19.8. The van der Waals surface area contributed by atoms with Gasteiger partial charge in [0.1, 0.15) is 6.67 Å². The number of nitrogens with zero attached hydrogens (tertiary/aromatic N) is 2. The Kier molecular flexibility index (Phi) is 5.99. The van der Waals surface area contributed by atoms with Crippen LogP contribution in [0.25, 0.3) is 0 Å². The summed E-state index contributed by atoms with van der Waals surface area (Å²) in [6, 6.07) is 3.81. The van der Waals surface area contributed by atoms with E-state index < -0.39 is 33.2 Å². The summed E-state index contributed by atoms with van der Waals surface area (Å²) in [6.07, 6.45) is 1.44. The average molecular weight is 463 g/mol. The molecule has 0 radical (unpaired) electrons. The van der Waals surface area contributed by atoms with Gasteiger partial charge < -0.3 is 9.64 Å². The van der Waals surface area contributed by atoms with Crippen LogP contribution in [0.15, 0.2) is 23.1 Å². The third-order valence-electron chi connectivity index (χ3n) is 4.78. The molecule has 27 heavy (non-hydrogen) atoms. The average Bonchev–Trinajstić information content (AvgIpc) is 3.21. The van der Waals surface area contributed by atoms with Crippen molar-refractivity contribution in [2.75, 3.05) is 38.4 Å². The smallest absolute Gasteiger partial charge is 0.299 e. The standard InChI is InChI=1S/C17H20BrFN2O5S/c1-26-10-12-3-2-6-21(12)27(24,25)13-4-5-15-14(7-13)16(22)17(23)20(15)9-11(18)8-19/h4-5,7,11-12H,2-3,6,8-10H2,1H3/t11?,12-/m0/s1. The number of methoxy groups -OCH3 is 1. The van der Waals surface area contributed by atoms with Gasteiger partial charge in [0.2, 0.25) is 10.0 Å². The van der Waals surface area contributed by atoms with Gasteiger partial charge in [-0.05, 0) is 31.0 Å². The van der Waals surface area contributed by atoms with Gasteiger partial charge >= 0.3 is 0 Å². The maximum absolute atomic E-state index is 13.0. The lowest BCUT2D eigenvalue weighted by Crippen LogP contribution is -2.38. The number of alkyl halides is 2. The molecule has 1 amide bonds. The van der Waals surface area contributed by atoms with E-state index in [1.807, 2.05) is 0 Å². The van der Waals surface area contributed by atoms with Gasteiger partial charge in [0.25, 0.3) is 11.7 Å². The van der Waals surface area contributed by atoms with E-state index in [1.54, 1.807) is 0 Å². The summed E-state index contributed by atoms with van der Waals surface area (Å²) in [7, 11) is -2.30. The number of rotatable bonds is 7. The molecule has 0 aliphatic carbocycles. The minimum absolute atomic E-state index is 0.0117. The SMILES string of the molecule is COC[C@@H]1CCCN1S(=O)(=O)c1ccc2c(c1)C(=O)C(=O)N2CC(Br)CF. The van der Waals surface area contributed by atoms with Crippen LogP contribution in [0.1, 0.15) is 23.2 Å². The van der Waals surface area contributed by atoms with Gasteiger partial charge in [-0.1, -0.05) is 15.9 Å². The van der Waals surface area contributed by atoms with E-state index >= 15 is 0 Å². The van der Waals surface area contributed by atoms with Crippen LogP contribution >= 0.6 is 15.9 Å². The van der Waals surface area contributed by atoms with E-state index in [2.05, 4.69) is 15.9 Å². The summed E-state index contributed by atoms with van der Waals surface area (Å²) < 4.78 is 45.3. The number of sulfonamides is 1. The molecule has 0 saturated carbocycles. The molecule has 2 aliphatic heterocycles. The number of Topliss-reactive ketones (excluding diaryl/α,β-unsaturated/α-hetero) is 1. The maximum atomic E-state index is 13.0. The lowest BCUT2D eigenvalue weighted by Gasteiger charge is -2.24. The quantitative estimate of drug-likeness (QED) is 0.455. The molecule has 0 bridgehead atoms. The van der Waals surface area contributed by atoms with Crippen LogP contribution in [-0.2, 0) is 19.6 Å². The van der Waals surface area contributed by atoms with Crippen molar-refractivity contribution in [2.24, 2.45) is 0 Å². The predicted octanol–water partition coefficient (Wildman–Crippen LogP) is 1.75. The fourth-order valence-electron chi connectivity index (χ4n) is 3.49. The highest BCUT2D eigenvalue weighted by Gasteiger charge is 2.40. The van der Waals surface area contributed by atoms with Gasteiger partial charge in [-0.3, -0.25) is 9.59 Å². The van der Waals surface area contributed by atoms with Crippen molar-refractivity contribution < 1.29 is 27.1 Å². The highest BCUT2D eigenvalue weighted by Crippen LogP contribution is 2.34. The molecule has 1 aromatic carbocycles. The first kappa shape index (κ1) is 20.4. The topological polar surface area (TPSA) is 84.0 Å². The first-order chi connectivity index (χ1) is 12.8. The Balaban J connectivity index is 1.94. The van der Waals surface area contributed by atoms with Crippen molar-refractivity contribution in [1.29, 1.82) is 0 Å². The molecule has 10 heteroatoms. The number of ether oxygens (including phenoxy) is 1. The summed E-state index contributed by atoms with van der Waals surface area (Å²) >= 11 is 3.10. The monoisotopic (exact) mass is 462 g/mol. The molecule has 1 fully saturated rings. The Labute approximate surface area is 165 Å². The van der Waals surface area contributed by atoms with Gasteiger partial charge in [-0.15, -0.1) is 0 Å². The molecular weight excluding hydrogens is 443 g/mol. The molecule has 3 rings (SSSR count). The molecule has 1 aromatic rings. The molecule has 1 saturated heterocycles. The van der Waals surface area contributed by atoms with Crippen molar-refractivity contribution in [3.63, 3.8) is 0 Å². The number of halogens is 2. The molecule has 0 spiro atoms. The van der Waals surface area contributed by atoms with Gasteiger partial charge in [0.05, 0.1) is 27.6 Å². The predicted molar refractivity (Wildman–Crippen MR) is 101 cm³/mol. The third kappa shape index (κ3) is 3.67. The van der Waals surface area contributed by atoms with E-state index in [4.69, 9.17) is 4.74 Å². The third-order valence-corrected chi connectivity index (χ3v) is 7.26. The number of carbonyl (C=O) groups is 2. The van der Waals surface area contributed by atoms with Crippen molar-refractivity contribution in [3.8, 4) is 0 Å². The van der Waals surface area contributed by atoms with Crippen LogP contribution in [0.2, 0.25) is 0 Å². The lowest BCUT2D eigenvalue weighted by atomic mass is 10.1. The van der Waals surface area contributed by atoms with Gasteiger partial charge in [-0.2, -0.15) is 4.31 Å². The fraction of sp³-hybridized carbons (Fsp3) is 0.529. The van der Waals surface area contributed by atoms with Crippen LogP contribution in [0.3, 0.4) is 0 Å².